The fourth-order valence-electron chi connectivity index (χ4n) is 1.69. The SMILES string of the molecule is COC(=O)C(NC(=O)CCOc1cccc(Br)c1)C(C)C. The number of rotatable bonds is 7. The Morgan fingerprint density at radius 2 is 2.05 bits per heavy atom. The Morgan fingerprint density at radius 1 is 1.33 bits per heavy atom. The van der Waals surface area contributed by atoms with Gasteiger partial charge in [-0.2, -0.15) is 0 Å². The third-order valence-corrected chi connectivity index (χ3v) is 3.33. The molecule has 116 valence electrons. The van der Waals surface area contributed by atoms with Crippen LogP contribution in [0.3, 0.4) is 0 Å². The minimum atomic E-state index is -0.631. The third kappa shape index (κ3) is 6.16. The van der Waals surface area contributed by atoms with Gasteiger partial charge >= 0.3 is 5.97 Å². The first kappa shape index (κ1) is 17.5. The quantitative estimate of drug-likeness (QED) is 0.761. The van der Waals surface area contributed by atoms with Gasteiger partial charge in [0.2, 0.25) is 5.91 Å². The molecule has 6 heteroatoms. The first-order chi connectivity index (χ1) is 9.93. The van der Waals surface area contributed by atoms with Gasteiger partial charge in [-0.3, -0.25) is 4.79 Å². The highest BCUT2D eigenvalue weighted by atomic mass is 79.9. The predicted molar refractivity (Wildman–Crippen MR) is 83.0 cm³/mol. The molecule has 0 spiro atoms. The Balaban J connectivity index is 2.41. The van der Waals surface area contributed by atoms with Gasteiger partial charge in [0.1, 0.15) is 11.8 Å². The average molecular weight is 358 g/mol. The van der Waals surface area contributed by atoms with Gasteiger partial charge in [0.15, 0.2) is 0 Å². The van der Waals surface area contributed by atoms with E-state index < -0.39 is 12.0 Å². The molecule has 1 unspecified atom stereocenters. The second-order valence-electron chi connectivity index (χ2n) is 4.87. The molecular formula is C15H20BrNO4. The average Bonchev–Trinajstić information content (AvgIpc) is 2.43. The molecule has 0 aliphatic rings. The lowest BCUT2D eigenvalue weighted by Gasteiger charge is -2.19. The number of nitrogens with one attached hydrogen (secondary N) is 1. The van der Waals surface area contributed by atoms with Crippen LogP contribution in [0.25, 0.3) is 0 Å². The highest BCUT2D eigenvalue weighted by Gasteiger charge is 2.24. The van der Waals surface area contributed by atoms with Gasteiger partial charge in [-0.1, -0.05) is 35.8 Å². The number of benzene rings is 1. The smallest absolute Gasteiger partial charge is 0.328 e. The summed E-state index contributed by atoms with van der Waals surface area (Å²) in [7, 11) is 1.31. The zero-order valence-electron chi connectivity index (χ0n) is 12.4. The van der Waals surface area contributed by atoms with Crippen LogP contribution in [0.5, 0.6) is 5.75 Å². The van der Waals surface area contributed by atoms with Crippen LogP contribution in [-0.4, -0.2) is 31.6 Å². The highest BCUT2D eigenvalue weighted by Crippen LogP contribution is 2.17. The number of esters is 1. The molecule has 5 nitrogen and oxygen atoms in total. The van der Waals surface area contributed by atoms with Crippen molar-refractivity contribution in [2.45, 2.75) is 26.3 Å². The molecular weight excluding hydrogens is 338 g/mol. The van der Waals surface area contributed by atoms with E-state index in [0.717, 1.165) is 4.47 Å². The Morgan fingerprint density at radius 3 is 2.62 bits per heavy atom. The zero-order valence-corrected chi connectivity index (χ0v) is 14.0. The maximum atomic E-state index is 11.8. The Bertz CT molecular complexity index is 490. The molecule has 1 aromatic rings. The van der Waals surface area contributed by atoms with Crippen molar-refractivity contribution in [1.82, 2.24) is 5.32 Å². The lowest BCUT2D eigenvalue weighted by atomic mass is 10.0. The number of methoxy groups -OCH3 is 1. The predicted octanol–water partition coefficient (Wildman–Crippen LogP) is 2.53. The summed E-state index contributed by atoms with van der Waals surface area (Å²) in [6.45, 7) is 3.94. The van der Waals surface area contributed by atoms with Crippen LogP contribution in [0.1, 0.15) is 20.3 Å². The molecule has 1 amide bonds. The molecule has 0 fully saturated rings. The Labute approximate surface area is 133 Å². The number of carbonyl (C=O) groups excluding carboxylic acids is 2. The van der Waals surface area contributed by atoms with Gasteiger partial charge in [0.05, 0.1) is 20.1 Å². The van der Waals surface area contributed by atoms with Crippen molar-refractivity contribution in [3.05, 3.63) is 28.7 Å². The van der Waals surface area contributed by atoms with E-state index in [2.05, 4.69) is 26.0 Å². The summed E-state index contributed by atoms with van der Waals surface area (Å²) in [6.07, 6.45) is 0.173. The third-order valence-electron chi connectivity index (χ3n) is 2.83. The molecule has 1 rings (SSSR count). The monoisotopic (exact) mass is 357 g/mol. The van der Waals surface area contributed by atoms with E-state index in [1.807, 2.05) is 38.1 Å². The van der Waals surface area contributed by atoms with E-state index in [1.54, 1.807) is 0 Å². The maximum absolute atomic E-state index is 11.8. The van der Waals surface area contributed by atoms with E-state index in [1.165, 1.54) is 7.11 Å². The van der Waals surface area contributed by atoms with Crippen LogP contribution in [-0.2, 0) is 14.3 Å². The minimum Gasteiger partial charge on any atom is -0.493 e. The number of hydrogen-bond acceptors (Lipinski definition) is 4. The van der Waals surface area contributed by atoms with Crippen LogP contribution < -0.4 is 10.1 Å². The molecule has 0 aliphatic carbocycles. The summed E-state index contributed by atoms with van der Waals surface area (Å²) < 4.78 is 11.1. The standard InChI is InChI=1S/C15H20BrNO4/c1-10(2)14(15(19)20-3)17-13(18)7-8-21-12-6-4-5-11(16)9-12/h4-6,9-10,14H,7-8H2,1-3H3,(H,17,18). The molecule has 1 aromatic carbocycles. The lowest BCUT2D eigenvalue weighted by molar-refractivity contribution is -0.146. The number of halogens is 1. The molecule has 0 bridgehead atoms. The van der Waals surface area contributed by atoms with E-state index in [0.29, 0.717) is 5.75 Å². The number of amides is 1. The van der Waals surface area contributed by atoms with E-state index in [4.69, 9.17) is 4.74 Å². The van der Waals surface area contributed by atoms with Crippen LogP contribution in [0.4, 0.5) is 0 Å². The van der Waals surface area contributed by atoms with Crippen molar-refractivity contribution >= 4 is 27.8 Å². The Kier molecular flexibility index (Phi) is 7.22. The van der Waals surface area contributed by atoms with Crippen LogP contribution in [0.15, 0.2) is 28.7 Å². The molecule has 1 atom stereocenters. The first-order valence-electron chi connectivity index (χ1n) is 6.69. The van der Waals surface area contributed by atoms with Crippen molar-refractivity contribution in [2.24, 2.45) is 5.92 Å². The first-order valence-corrected chi connectivity index (χ1v) is 7.49. The van der Waals surface area contributed by atoms with Gasteiger partial charge in [-0.25, -0.2) is 4.79 Å². The molecule has 1 N–H and O–H groups in total. The largest absolute Gasteiger partial charge is 0.493 e. The second-order valence-corrected chi connectivity index (χ2v) is 5.78. The van der Waals surface area contributed by atoms with Crippen molar-refractivity contribution in [3.63, 3.8) is 0 Å². The van der Waals surface area contributed by atoms with Crippen molar-refractivity contribution in [3.8, 4) is 5.75 Å². The van der Waals surface area contributed by atoms with Gasteiger partial charge in [-0.15, -0.1) is 0 Å². The summed E-state index contributed by atoms with van der Waals surface area (Å²) in [6, 6.07) is 6.75. The van der Waals surface area contributed by atoms with Gasteiger partial charge in [0, 0.05) is 4.47 Å². The molecule has 0 radical (unpaired) electrons. The maximum Gasteiger partial charge on any atom is 0.328 e. The second kappa shape index (κ2) is 8.67. The van der Waals surface area contributed by atoms with Gasteiger partial charge < -0.3 is 14.8 Å². The number of carbonyl (C=O) groups is 2. The fraction of sp³-hybridized carbons (Fsp3) is 0.467. The summed E-state index contributed by atoms with van der Waals surface area (Å²) in [5, 5.41) is 2.66. The molecule has 21 heavy (non-hydrogen) atoms. The summed E-state index contributed by atoms with van der Waals surface area (Å²) in [5.41, 5.74) is 0. The van der Waals surface area contributed by atoms with Crippen molar-refractivity contribution in [1.29, 1.82) is 0 Å². The minimum absolute atomic E-state index is 0.0348. The molecule has 0 heterocycles. The van der Waals surface area contributed by atoms with Crippen molar-refractivity contribution < 1.29 is 19.1 Å². The molecule has 0 aromatic heterocycles. The van der Waals surface area contributed by atoms with E-state index in [-0.39, 0.29) is 24.9 Å². The Hall–Kier alpha value is -1.56. The zero-order chi connectivity index (χ0) is 15.8. The number of ether oxygens (including phenoxy) is 2. The van der Waals surface area contributed by atoms with Crippen LogP contribution in [0, 0.1) is 5.92 Å². The lowest BCUT2D eigenvalue weighted by Crippen LogP contribution is -2.45. The highest BCUT2D eigenvalue weighted by molar-refractivity contribution is 9.10. The normalized spacial score (nSPS) is 11.9. The van der Waals surface area contributed by atoms with Crippen LogP contribution >= 0.6 is 15.9 Å². The molecule has 0 saturated carbocycles. The topological polar surface area (TPSA) is 64.6 Å². The van der Waals surface area contributed by atoms with Crippen molar-refractivity contribution in [2.75, 3.05) is 13.7 Å². The van der Waals surface area contributed by atoms with E-state index in [9.17, 15) is 9.59 Å². The number of hydrogen-bond donors (Lipinski definition) is 1. The van der Waals surface area contributed by atoms with Crippen LogP contribution in [0.2, 0.25) is 0 Å². The fourth-order valence-corrected chi connectivity index (χ4v) is 2.07. The summed E-state index contributed by atoms with van der Waals surface area (Å²) in [5.74, 6) is -0.0293. The summed E-state index contributed by atoms with van der Waals surface area (Å²) >= 11 is 3.34. The molecule has 0 aliphatic heterocycles. The van der Waals surface area contributed by atoms with Gasteiger partial charge in [-0.05, 0) is 24.1 Å². The van der Waals surface area contributed by atoms with E-state index >= 15 is 0 Å². The van der Waals surface area contributed by atoms with Gasteiger partial charge in [0.25, 0.3) is 0 Å². The molecule has 0 saturated heterocycles. The summed E-state index contributed by atoms with van der Waals surface area (Å²) in [4.78, 5) is 23.4.